The molecule has 1 saturated carbocycles. The number of hydrogen-bond acceptors (Lipinski definition) is 1. The number of benzene rings is 1. The molecule has 1 aliphatic heterocycles. The van der Waals surface area contributed by atoms with Crippen LogP contribution in [0.4, 0.5) is 0 Å². The van der Waals surface area contributed by atoms with Crippen LogP contribution in [-0.2, 0) is 6.54 Å². The van der Waals surface area contributed by atoms with E-state index in [9.17, 15) is 0 Å². The van der Waals surface area contributed by atoms with Crippen molar-refractivity contribution in [2.45, 2.75) is 44.6 Å². The summed E-state index contributed by atoms with van der Waals surface area (Å²) in [7, 11) is 0. The molecule has 1 nitrogen and oxygen atoms in total. The summed E-state index contributed by atoms with van der Waals surface area (Å²) in [5.74, 6) is 0.687. The van der Waals surface area contributed by atoms with Gasteiger partial charge in [0.05, 0.1) is 6.54 Å². The number of aliphatic imine (C=N–C) groups is 1. The first kappa shape index (κ1) is 10.3. The Morgan fingerprint density at radius 1 is 1.12 bits per heavy atom. The molecule has 0 radical (unpaired) electrons. The summed E-state index contributed by atoms with van der Waals surface area (Å²) in [6.45, 7) is 0.840. The fourth-order valence-electron chi connectivity index (χ4n) is 2.88. The molecule has 1 aliphatic carbocycles. The zero-order chi connectivity index (χ0) is 11.0. The molecular weight excluding hydrogens is 218 g/mol. The maximum atomic E-state index is 6.38. The highest BCUT2D eigenvalue weighted by atomic mass is 35.5. The highest BCUT2D eigenvalue weighted by Gasteiger charge is 2.20. The molecule has 3 rings (SSSR count). The van der Waals surface area contributed by atoms with Crippen molar-refractivity contribution in [2.24, 2.45) is 4.99 Å². The quantitative estimate of drug-likeness (QED) is 0.685. The van der Waals surface area contributed by atoms with Gasteiger partial charge in [-0.1, -0.05) is 36.9 Å². The van der Waals surface area contributed by atoms with Crippen LogP contribution in [0.15, 0.2) is 17.1 Å². The summed E-state index contributed by atoms with van der Waals surface area (Å²) in [6.07, 6.45) is 8.65. The molecular formula is C14H16ClN. The van der Waals surface area contributed by atoms with Crippen LogP contribution in [0.2, 0.25) is 5.02 Å². The Hall–Kier alpha value is -0.820. The summed E-state index contributed by atoms with van der Waals surface area (Å²) in [4.78, 5) is 4.30. The maximum absolute atomic E-state index is 6.38. The first-order valence-corrected chi connectivity index (χ1v) is 6.54. The van der Waals surface area contributed by atoms with Gasteiger partial charge in [-0.2, -0.15) is 0 Å². The van der Waals surface area contributed by atoms with Crippen LogP contribution in [0.5, 0.6) is 0 Å². The van der Waals surface area contributed by atoms with Gasteiger partial charge in [-0.3, -0.25) is 4.99 Å². The van der Waals surface area contributed by atoms with E-state index >= 15 is 0 Å². The average molecular weight is 234 g/mol. The molecule has 0 spiro atoms. The monoisotopic (exact) mass is 233 g/mol. The second-order valence-corrected chi connectivity index (χ2v) is 5.28. The molecule has 2 heteroatoms. The van der Waals surface area contributed by atoms with Gasteiger partial charge in [-0.05, 0) is 41.5 Å². The van der Waals surface area contributed by atoms with Crippen molar-refractivity contribution in [3.8, 4) is 0 Å². The third kappa shape index (κ3) is 1.78. The van der Waals surface area contributed by atoms with E-state index in [-0.39, 0.29) is 0 Å². The van der Waals surface area contributed by atoms with Crippen LogP contribution in [0.3, 0.4) is 0 Å². The van der Waals surface area contributed by atoms with E-state index in [2.05, 4.69) is 17.1 Å². The summed E-state index contributed by atoms with van der Waals surface area (Å²) in [6, 6.07) is 4.39. The number of hydrogen-bond donors (Lipinski definition) is 0. The van der Waals surface area contributed by atoms with Gasteiger partial charge >= 0.3 is 0 Å². The van der Waals surface area contributed by atoms with E-state index in [1.807, 2.05) is 6.21 Å². The maximum Gasteiger partial charge on any atom is 0.0646 e. The molecule has 0 atom stereocenters. The van der Waals surface area contributed by atoms with E-state index in [1.165, 1.54) is 48.8 Å². The standard InChI is InChI=1S/C14H16ClN/c15-14-7-12-9-16-8-11(12)6-13(14)10-4-2-1-3-5-10/h6-7,9-10H,1-5,8H2. The Bertz CT molecular complexity index is 431. The van der Waals surface area contributed by atoms with Gasteiger partial charge < -0.3 is 0 Å². The fraction of sp³-hybridized carbons (Fsp3) is 0.500. The molecule has 0 N–H and O–H groups in total. The molecule has 84 valence electrons. The number of halogens is 1. The summed E-state index contributed by atoms with van der Waals surface area (Å²) in [5, 5.41) is 0.944. The molecule has 1 fully saturated rings. The summed E-state index contributed by atoms with van der Waals surface area (Å²) in [5.41, 5.74) is 3.93. The first-order valence-electron chi connectivity index (χ1n) is 6.17. The van der Waals surface area contributed by atoms with Crippen LogP contribution in [0, 0.1) is 0 Å². The molecule has 0 saturated heterocycles. The van der Waals surface area contributed by atoms with E-state index in [1.54, 1.807) is 0 Å². The second-order valence-electron chi connectivity index (χ2n) is 4.88. The van der Waals surface area contributed by atoms with Gasteiger partial charge in [0.2, 0.25) is 0 Å². The van der Waals surface area contributed by atoms with Crippen molar-refractivity contribution in [1.82, 2.24) is 0 Å². The zero-order valence-electron chi connectivity index (χ0n) is 9.38. The average Bonchev–Trinajstić information content (AvgIpc) is 2.76. The lowest BCUT2D eigenvalue weighted by Crippen LogP contribution is -2.06. The third-order valence-corrected chi connectivity index (χ3v) is 4.12. The molecule has 0 aromatic heterocycles. The van der Waals surface area contributed by atoms with Crippen LogP contribution in [-0.4, -0.2) is 6.21 Å². The van der Waals surface area contributed by atoms with E-state index in [4.69, 9.17) is 11.6 Å². The van der Waals surface area contributed by atoms with Crippen LogP contribution in [0.25, 0.3) is 0 Å². The van der Waals surface area contributed by atoms with Gasteiger partial charge in [-0.15, -0.1) is 0 Å². The highest BCUT2D eigenvalue weighted by molar-refractivity contribution is 6.31. The molecule has 1 aromatic carbocycles. The molecule has 0 amide bonds. The molecule has 1 heterocycles. The largest absolute Gasteiger partial charge is 0.288 e. The van der Waals surface area contributed by atoms with Crippen molar-refractivity contribution in [3.05, 3.63) is 33.8 Å². The minimum absolute atomic E-state index is 0.687. The minimum atomic E-state index is 0.687. The van der Waals surface area contributed by atoms with Gasteiger partial charge in [-0.25, -0.2) is 0 Å². The smallest absolute Gasteiger partial charge is 0.0646 e. The van der Waals surface area contributed by atoms with Crippen molar-refractivity contribution in [3.63, 3.8) is 0 Å². The van der Waals surface area contributed by atoms with E-state index in [0.29, 0.717) is 5.92 Å². The predicted molar refractivity (Wildman–Crippen MR) is 68.6 cm³/mol. The van der Waals surface area contributed by atoms with Crippen molar-refractivity contribution in [2.75, 3.05) is 0 Å². The molecule has 1 aromatic rings. The Morgan fingerprint density at radius 2 is 1.94 bits per heavy atom. The Balaban J connectivity index is 1.95. The normalized spacial score (nSPS) is 20.1. The van der Waals surface area contributed by atoms with Crippen molar-refractivity contribution in [1.29, 1.82) is 0 Å². The minimum Gasteiger partial charge on any atom is -0.288 e. The molecule has 0 bridgehead atoms. The summed E-state index contributed by atoms with van der Waals surface area (Å²) < 4.78 is 0. The topological polar surface area (TPSA) is 12.4 Å². The first-order chi connectivity index (χ1) is 7.84. The number of nitrogens with zero attached hydrogens (tertiary/aromatic N) is 1. The van der Waals surface area contributed by atoms with E-state index < -0.39 is 0 Å². The van der Waals surface area contributed by atoms with Crippen LogP contribution < -0.4 is 0 Å². The van der Waals surface area contributed by atoms with E-state index in [0.717, 1.165) is 11.6 Å². The number of fused-ring (bicyclic) bond motifs is 1. The van der Waals surface area contributed by atoms with Gasteiger partial charge in [0.25, 0.3) is 0 Å². The van der Waals surface area contributed by atoms with Crippen LogP contribution >= 0.6 is 11.6 Å². The lowest BCUT2D eigenvalue weighted by Gasteiger charge is -2.23. The Labute approximate surface area is 102 Å². The third-order valence-electron chi connectivity index (χ3n) is 3.80. The number of rotatable bonds is 1. The van der Waals surface area contributed by atoms with Crippen molar-refractivity contribution < 1.29 is 0 Å². The van der Waals surface area contributed by atoms with Crippen molar-refractivity contribution >= 4 is 17.8 Å². The van der Waals surface area contributed by atoms with Gasteiger partial charge in [0.1, 0.15) is 0 Å². The highest BCUT2D eigenvalue weighted by Crippen LogP contribution is 2.38. The van der Waals surface area contributed by atoms with Gasteiger partial charge in [0.15, 0.2) is 0 Å². The Kier molecular flexibility index (Phi) is 2.72. The summed E-state index contributed by atoms with van der Waals surface area (Å²) >= 11 is 6.38. The predicted octanol–water partition coefficient (Wildman–Crippen LogP) is 4.32. The Morgan fingerprint density at radius 3 is 2.75 bits per heavy atom. The SMILES string of the molecule is Clc1cc2c(cc1C1CCCCC1)CN=C2. The molecule has 2 aliphatic rings. The van der Waals surface area contributed by atoms with Gasteiger partial charge in [0, 0.05) is 11.2 Å². The van der Waals surface area contributed by atoms with Crippen LogP contribution in [0.1, 0.15) is 54.7 Å². The lowest BCUT2D eigenvalue weighted by atomic mass is 9.83. The zero-order valence-corrected chi connectivity index (χ0v) is 10.1. The second kappa shape index (κ2) is 4.21. The fourth-order valence-corrected chi connectivity index (χ4v) is 3.20. The molecule has 0 unspecified atom stereocenters. The molecule has 16 heavy (non-hydrogen) atoms. The lowest BCUT2D eigenvalue weighted by molar-refractivity contribution is 0.443.